The Morgan fingerprint density at radius 3 is 3.10 bits per heavy atom. The molecule has 114 valence electrons. The number of nitrogen functional groups attached to an aromatic ring is 1. The molecule has 1 aliphatic rings. The molecule has 11 heteroatoms. The van der Waals surface area contributed by atoms with Gasteiger partial charge in [0.2, 0.25) is 0 Å². The largest absolute Gasteiger partial charge is 0.390 e. The fourth-order valence-electron chi connectivity index (χ4n) is 2.27. The molecule has 2 aromatic heterocycles. The maximum Gasteiger partial charge on any atom is 0.316 e. The summed E-state index contributed by atoms with van der Waals surface area (Å²) < 4.78 is 22.4. The number of hydrogen-bond acceptors (Lipinski definition) is 8. The van der Waals surface area contributed by atoms with Gasteiger partial charge in [-0.15, -0.1) is 0 Å². The van der Waals surface area contributed by atoms with Crippen LogP contribution in [0.3, 0.4) is 0 Å². The van der Waals surface area contributed by atoms with Crippen molar-refractivity contribution in [3.05, 3.63) is 12.7 Å². The van der Waals surface area contributed by atoms with Crippen molar-refractivity contribution in [2.45, 2.75) is 24.9 Å². The summed E-state index contributed by atoms with van der Waals surface area (Å²) in [7, 11) is -3.05. The van der Waals surface area contributed by atoms with Gasteiger partial charge >= 0.3 is 8.25 Å². The van der Waals surface area contributed by atoms with Crippen LogP contribution in [0.4, 0.5) is 5.82 Å². The fourth-order valence-corrected chi connectivity index (χ4v) is 2.58. The Morgan fingerprint density at radius 1 is 1.52 bits per heavy atom. The topological polar surface area (TPSA) is 146 Å². The van der Waals surface area contributed by atoms with E-state index in [0.29, 0.717) is 11.2 Å². The van der Waals surface area contributed by atoms with Crippen LogP contribution in [-0.4, -0.2) is 48.3 Å². The van der Waals surface area contributed by atoms with Gasteiger partial charge in [-0.2, -0.15) is 0 Å². The van der Waals surface area contributed by atoms with E-state index in [1.54, 1.807) is 4.57 Å². The molecule has 21 heavy (non-hydrogen) atoms. The van der Waals surface area contributed by atoms with E-state index in [9.17, 15) is 9.67 Å². The van der Waals surface area contributed by atoms with Crippen LogP contribution in [0.2, 0.25) is 0 Å². The summed E-state index contributed by atoms with van der Waals surface area (Å²) in [5.74, 6) is 0.260. The summed E-state index contributed by atoms with van der Waals surface area (Å²) in [4.78, 5) is 20.7. The third-order valence-electron chi connectivity index (χ3n) is 3.27. The zero-order valence-electron chi connectivity index (χ0n) is 10.8. The molecule has 0 aliphatic carbocycles. The molecule has 1 aliphatic heterocycles. The van der Waals surface area contributed by atoms with E-state index in [4.69, 9.17) is 15.4 Å². The number of hydrogen-bond donors (Lipinski definition) is 3. The first-order valence-corrected chi connectivity index (χ1v) is 7.45. The van der Waals surface area contributed by atoms with Gasteiger partial charge in [-0.3, -0.25) is 9.13 Å². The van der Waals surface area contributed by atoms with Crippen molar-refractivity contribution in [2.75, 3.05) is 12.3 Å². The molecule has 0 radical (unpaired) electrons. The van der Waals surface area contributed by atoms with Gasteiger partial charge in [0.1, 0.15) is 24.2 Å². The van der Waals surface area contributed by atoms with Crippen LogP contribution < -0.4 is 5.73 Å². The minimum Gasteiger partial charge on any atom is -0.390 e. The first-order valence-electron chi connectivity index (χ1n) is 6.18. The second-order valence-electron chi connectivity index (χ2n) is 4.59. The molecule has 4 atom stereocenters. The lowest BCUT2D eigenvalue weighted by Gasteiger charge is -2.14. The molecule has 2 aromatic rings. The van der Waals surface area contributed by atoms with E-state index in [2.05, 4.69) is 19.5 Å². The van der Waals surface area contributed by atoms with Crippen molar-refractivity contribution in [3.8, 4) is 0 Å². The van der Waals surface area contributed by atoms with Crippen LogP contribution in [0.15, 0.2) is 12.7 Å². The van der Waals surface area contributed by atoms with Gasteiger partial charge in [-0.25, -0.2) is 15.0 Å². The maximum absolute atomic E-state index is 10.6. The number of anilines is 1. The highest BCUT2D eigenvalue weighted by molar-refractivity contribution is 7.32. The van der Waals surface area contributed by atoms with E-state index in [1.807, 2.05) is 0 Å². The number of rotatable bonds is 4. The zero-order valence-corrected chi connectivity index (χ0v) is 11.8. The molecule has 1 fully saturated rings. The maximum atomic E-state index is 10.6. The molecule has 0 amide bonds. The van der Waals surface area contributed by atoms with Crippen LogP contribution in [0.25, 0.3) is 11.2 Å². The standard InChI is InChI=1S/C10H14N5O5P/c11-9-8-10(13-3-12-9)15(4-14-8)7-1-5(16)6(20-7)2-19-21(17)18/h3-7,16,21H,1-2H2,(H,17,18)(H2,11,12,13)/t5?,6-,7-/m1/s1. The number of aromatic nitrogens is 4. The minimum atomic E-state index is -3.05. The van der Waals surface area contributed by atoms with Crippen LogP contribution in [-0.2, 0) is 13.8 Å². The Kier molecular flexibility index (Phi) is 3.87. The minimum absolute atomic E-state index is 0.157. The molecule has 2 unspecified atom stereocenters. The molecule has 1 saturated heterocycles. The summed E-state index contributed by atoms with van der Waals surface area (Å²) in [5, 5.41) is 9.93. The van der Waals surface area contributed by atoms with Gasteiger partial charge in [0, 0.05) is 6.42 Å². The lowest BCUT2D eigenvalue weighted by atomic mass is 10.2. The average molecular weight is 315 g/mol. The first kappa shape index (κ1) is 14.4. The molecule has 3 heterocycles. The Bertz CT molecular complexity index is 679. The lowest BCUT2D eigenvalue weighted by Crippen LogP contribution is -2.25. The Hall–Kier alpha value is -1.58. The summed E-state index contributed by atoms with van der Waals surface area (Å²) in [6.07, 6.45) is 1.11. The van der Waals surface area contributed by atoms with E-state index in [-0.39, 0.29) is 18.8 Å². The highest BCUT2D eigenvalue weighted by Crippen LogP contribution is 2.32. The predicted octanol–water partition coefficient (Wildman–Crippen LogP) is -0.545. The van der Waals surface area contributed by atoms with Crippen LogP contribution in [0.1, 0.15) is 12.6 Å². The summed E-state index contributed by atoms with van der Waals surface area (Å²) in [5.41, 5.74) is 6.66. The van der Waals surface area contributed by atoms with Crippen molar-refractivity contribution in [1.29, 1.82) is 0 Å². The molecule has 0 bridgehead atoms. The predicted molar refractivity (Wildman–Crippen MR) is 71.4 cm³/mol. The van der Waals surface area contributed by atoms with Crippen molar-refractivity contribution in [2.24, 2.45) is 0 Å². The van der Waals surface area contributed by atoms with Crippen molar-refractivity contribution in [1.82, 2.24) is 19.5 Å². The number of aliphatic hydroxyl groups excluding tert-OH is 1. The second kappa shape index (κ2) is 5.66. The first-order chi connectivity index (χ1) is 10.1. The molecular weight excluding hydrogens is 301 g/mol. The molecule has 10 nitrogen and oxygen atoms in total. The number of imidazole rings is 1. The molecule has 3 rings (SSSR count). The zero-order chi connectivity index (χ0) is 15.0. The smallest absolute Gasteiger partial charge is 0.316 e. The van der Waals surface area contributed by atoms with Gasteiger partial charge in [0.15, 0.2) is 11.5 Å². The average Bonchev–Trinajstić information content (AvgIpc) is 3.01. The van der Waals surface area contributed by atoms with E-state index >= 15 is 0 Å². The van der Waals surface area contributed by atoms with Crippen LogP contribution >= 0.6 is 8.25 Å². The van der Waals surface area contributed by atoms with Crippen LogP contribution in [0.5, 0.6) is 0 Å². The molecule has 4 N–H and O–H groups in total. The van der Waals surface area contributed by atoms with Gasteiger partial charge < -0.3 is 25.0 Å². The van der Waals surface area contributed by atoms with Gasteiger partial charge in [-0.05, 0) is 0 Å². The SMILES string of the molecule is Nc1ncnc2c1ncn2[C@H]1CC(O)[C@@H](CO[PH](=O)O)O1. The van der Waals surface area contributed by atoms with Crippen molar-refractivity contribution >= 4 is 25.2 Å². The Morgan fingerprint density at radius 2 is 2.33 bits per heavy atom. The molecule has 0 spiro atoms. The van der Waals surface area contributed by atoms with Crippen molar-refractivity contribution < 1.29 is 23.8 Å². The van der Waals surface area contributed by atoms with E-state index in [0.717, 1.165) is 0 Å². The number of nitrogens with zero attached hydrogens (tertiary/aromatic N) is 4. The van der Waals surface area contributed by atoms with E-state index in [1.165, 1.54) is 12.7 Å². The molecule has 0 aromatic carbocycles. The second-order valence-corrected chi connectivity index (χ2v) is 5.41. The number of fused-ring (bicyclic) bond motifs is 1. The van der Waals surface area contributed by atoms with Crippen LogP contribution in [0, 0.1) is 0 Å². The lowest BCUT2D eigenvalue weighted by molar-refractivity contribution is -0.0384. The third-order valence-corrected chi connectivity index (χ3v) is 3.69. The number of ether oxygens (including phenoxy) is 1. The van der Waals surface area contributed by atoms with Gasteiger partial charge in [-0.1, -0.05) is 0 Å². The summed E-state index contributed by atoms with van der Waals surface area (Å²) in [6.45, 7) is -0.157. The molecular formula is C10H14N5O5P. The van der Waals surface area contributed by atoms with E-state index < -0.39 is 26.7 Å². The van der Waals surface area contributed by atoms with Gasteiger partial charge in [0.05, 0.1) is 19.0 Å². The Balaban J connectivity index is 1.81. The normalized spacial score (nSPS) is 27.2. The summed E-state index contributed by atoms with van der Waals surface area (Å²) >= 11 is 0. The summed E-state index contributed by atoms with van der Waals surface area (Å²) in [6, 6.07) is 0. The molecule has 0 saturated carbocycles. The quantitative estimate of drug-likeness (QED) is 0.633. The third kappa shape index (κ3) is 2.76. The monoisotopic (exact) mass is 315 g/mol. The van der Waals surface area contributed by atoms with Gasteiger partial charge in [0.25, 0.3) is 0 Å². The highest BCUT2D eigenvalue weighted by atomic mass is 31.1. The number of nitrogens with two attached hydrogens (primary N) is 1. The Labute approximate surface area is 119 Å². The van der Waals surface area contributed by atoms with Crippen molar-refractivity contribution in [3.63, 3.8) is 0 Å². The number of aliphatic hydroxyl groups is 1. The fraction of sp³-hybridized carbons (Fsp3) is 0.500. The highest BCUT2D eigenvalue weighted by Gasteiger charge is 2.36.